The number of ether oxygens (including phenoxy) is 1. The standard InChI is InChI=1S/C20H16O5S/c1-24-18-9-5-6-10-19(18)26(22,23)25-17-13-11-16(12-14-17)20(21)15-7-3-2-4-8-15/h2-14H,1H3. The Kier molecular flexibility index (Phi) is 5.04. The zero-order valence-corrected chi connectivity index (χ0v) is 14.8. The molecule has 0 spiro atoms. The van der Waals surface area contributed by atoms with E-state index in [0.29, 0.717) is 11.1 Å². The first-order chi connectivity index (χ1) is 12.5. The average molecular weight is 368 g/mol. The molecule has 0 aliphatic heterocycles. The molecule has 0 aliphatic rings. The minimum atomic E-state index is -4.05. The van der Waals surface area contributed by atoms with Gasteiger partial charge in [-0.2, -0.15) is 8.42 Å². The first kappa shape index (κ1) is 17.7. The highest BCUT2D eigenvalue weighted by atomic mass is 32.2. The van der Waals surface area contributed by atoms with E-state index in [9.17, 15) is 13.2 Å². The zero-order valence-electron chi connectivity index (χ0n) is 14.0. The van der Waals surface area contributed by atoms with Crippen LogP contribution >= 0.6 is 0 Å². The van der Waals surface area contributed by atoms with Crippen LogP contribution in [0.1, 0.15) is 15.9 Å². The van der Waals surface area contributed by atoms with Crippen LogP contribution in [-0.4, -0.2) is 21.3 Å². The van der Waals surface area contributed by atoms with Crippen LogP contribution < -0.4 is 8.92 Å². The number of hydrogen-bond donors (Lipinski definition) is 0. The van der Waals surface area contributed by atoms with E-state index in [-0.39, 0.29) is 22.2 Å². The Labute approximate surface area is 151 Å². The van der Waals surface area contributed by atoms with E-state index in [0.717, 1.165) is 0 Å². The summed E-state index contributed by atoms with van der Waals surface area (Å²) in [6.45, 7) is 0. The average Bonchev–Trinajstić information content (AvgIpc) is 2.68. The molecule has 6 heteroatoms. The van der Waals surface area contributed by atoms with E-state index in [1.807, 2.05) is 6.07 Å². The van der Waals surface area contributed by atoms with Gasteiger partial charge in [-0.1, -0.05) is 42.5 Å². The lowest BCUT2D eigenvalue weighted by molar-refractivity contribution is 0.103. The predicted molar refractivity (Wildman–Crippen MR) is 97.1 cm³/mol. The van der Waals surface area contributed by atoms with E-state index < -0.39 is 10.1 Å². The third kappa shape index (κ3) is 3.75. The van der Waals surface area contributed by atoms with E-state index in [1.54, 1.807) is 36.4 Å². The van der Waals surface area contributed by atoms with Gasteiger partial charge in [-0.15, -0.1) is 0 Å². The molecule has 0 bridgehead atoms. The third-order valence-electron chi connectivity index (χ3n) is 3.70. The van der Waals surface area contributed by atoms with Crippen LogP contribution in [0, 0.1) is 0 Å². The highest BCUT2D eigenvalue weighted by Crippen LogP contribution is 2.26. The number of methoxy groups -OCH3 is 1. The van der Waals surface area contributed by atoms with Crippen LogP contribution in [-0.2, 0) is 10.1 Å². The number of carbonyl (C=O) groups excluding carboxylic acids is 1. The van der Waals surface area contributed by atoms with Crippen molar-refractivity contribution in [1.82, 2.24) is 0 Å². The lowest BCUT2D eigenvalue weighted by Crippen LogP contribution is -2.11. The molecule has 0 aliphatic carbocycles. The smallest absolute Gasteiger partial charge is 0.342 e. The fourth-order valence-electron chi connectivity index (χ4n) is 2.41. The molecule has 0 saturated heterocycles. The Morgan fingerprint density at radius 2 is 1.35 bits per heavy atom. The Bertz CT molecular complexity index is 1010. The molecule has 3 aromatic carbocycles. The number of ketones is 1. The summed E-state index contributed by atoms with van der Waals surface area (Å²) in [6.07, 6.45) is 0. The van der Waals surface area contributed by atoms with Crippen molar-refractivity contribution in [3.8, 4) is 11.5 Å². The van der Waals surface area contributed by atoms with Gasteiger partial charge in [-0.05, 0) is 36.4 Å². The van der Waals surface area contributed by atoms with Crippen molar-refractivity contribution in [2.45, 2.75) is 4.90 Å². The zero-order chi connectivity index (χ0) is 18.6. The Morgan fingerprint density at radius 3 is 2.00 bits per heavy atom. The summed E-state index contributed by atoms with van der Waals surface area (Å²) in [5.74, 6) is 0.161. The van der Waals surface area contributed by atoms with Gasteiger partial charge in [0.25, 0.3) is 0 Å². The topological polar surface area (TPSA) is 69.7 Å². The summed E-state index contributed by atoms with van der Waals surface area (Å²) in [4.78, 5) is 12.3. The predicted octanol–water partition coefficient (Wildman–Crippen LogP) is 3.69. The first-order valence-corrected chi connectivity index (χ1v) is 9.19. The molecule has 0 atom stereocenters. The lowest BCUT2D eigenvalue weighted by Gasteiger charge is -2.10. The quantitative estimate of drug-likeness (QED) is 0.490. The van der Waals surface area contributed by atoms with Crippen molar-refractivity contribution in [3.63, 3.8) is 0 Å². The summed E-state index contributed by atoms with van der Waals surface area (Å²) in [6, 6.07) is 21.0. The molecule has 0 amide bonds. The fraction of sp³-hybridized carbons (Fsp3) is 0.0500. The number of carbonyl (C=O) groups is 1. The van der Waals surface area contributed by atoms with Gasteiger partial charge in [0, 0.05) is 11.1 Å². The molecule has 0 aromatic heterocycles. The molecule has 132 valence electrons. The molecule has 0 N–H and O–H groups in total. The molecular weight excluding hydrogens is 352 g/mol. The van der Waals surface area contributed by atoms with Gasteiger partial charge in [0.05, 0.1) is 7.11 Å². The van der Waals surface area contributed by atoms with Crippen molar-refractivity contribution >= 4 is 15.9 Å². The molecule has 0 fully saturated rings. The highest BCUT2D eigenvalue weighted by molar-refractivity contribution is 7.87. The van der Waals surface area contributed by atoms with Crippen LogP contribution in [0.15, 0.2) is 83.8 Å². The maximum atomic E-state index is 12.5. The van der Waals surface area contributed by atoms with Gasteiger partial charge in [0.1, 0.15) is 16.4 Å². The molecule has 0 unspecified atom stereocenters. The molecule has 0 heterocycles. The Morgan fingerprint density at radius 1 is 0.769 bits per heavy atom. The van der Waals surface area contributed by atoms with Crippen molar-refractivity contribution in [2.75, 3.05) is 7.11 Å². The first-order valence-electron chi connectivity index (χ1n) is 7.78. The van der Waals surface area contributed by atoms with Crippen LogP contribution in [0.3, 0.4) is 0 Å². The molecule has 0 saturated carbocycles. The van der Waals surface area contributed by atoms with E-state index in [2.05, 4.69) is 0 Å². The molecule has 26 heavy (non-hydrogen) atoms. The SMILES string of the molecule is COc1ccccc1S(=O)(=O)Oc1ccc(C(=O)c2ccccc2)cc1. The lowest BCUT2D eigenvalue weighted by atomic mass is 10.0. The van der Waals surface area contributed by atoms with Crippen molar-refractivity contribution in [1.29, 1.82) is 0 Å². The van der Waals surface area contributed by atoms with Gasteiger partial charge in [0.2, 0.25) is 0 Å². The number of hydrogen-bond acceptors (Lipinski definition) is 5. The fourth-order valence-corrected chi connectivity index (χ4v) is 3.51. The van der Waals surface area contributed by atoms with Crippen molar-refractivity contribution in [2.24, 2.45) is 0 Å². The number of rotatable bonds is 6. The van der Waals surface area contributed by atoms with Crippen LogP contribution in [0.25, 0.3) is 0 Å². The minimum absolute atomic E-state index is 0.0630. The molecule has 3 aromatic rings. The van der Waals surface area contributed by atoms with Crippen LogP contribution in [0.4, 0.5) is 0 Å². The number of para-hydroxylation sites is 1. The molecule has 5 nitrogen and oxygen atoms in total. The molecular formula is C20H16O5S. The summed E-state index contributed by atoms with van der Waals surface area (Å²) in [7, 11) is -2.66. The second-order valence-electron chi connectivity index (χ2n) is 5.41. The summed E-state index contributed by atoms with van der Waals surface area (Å²) < 4.78 is 35.1. The summed E-state index contributed by atoms with van der Waals surface area (Å²) in [5.41, 5.74) is 1.00. The van der Waals surface area contributed by atoms with Gasteiger partial charge >= 0.3 is 10.1 Å². The van der Waals surface area contributed by atoms with Gasteiger partial charge in [-0.25, -0.2) is 0 Å². The summed E-state index contributed by atoms with van der Waals surface area (Å²) >= 11 is 0. The van der Waals surface area contributed by atoms with E-state index >= 15 is 0 Å². The number of benzene rings is 3. The maximum Gasteiger partial charge on any atom is 0.342 e. The monoisotopic (exact) mass is 368 g/mol. The summed E-state index contributed by atoms with van der Waals surface area (Å²) in [5, 5.41) is 0. The second kappa shape index (κ2) is 7.41. The Balaban J connectivity index is 1.82. The van der Waals surface area contributed by atoms with Crippen molar-refractivity contribution in [3.05, 3.63) is 90.0 Å². The van der Waals surface area contributed by atoms with E-state index in [1.165, 1.54) is 43.5 Å². The molecule has 0 radical (unpaired) electrons. The van der Waals surface area contributed by atoms with Gasteiger partial charge < -0.3 is 8.92 Å². The van der Waals surface area contributed by atoms with Gasteiger partial charge in [-0.3, -0.25) is 4.79 Å². The van der Waals surface area contributed by atoms with Crippen LogP contribution in [0.5, 0.6) is 11.5 Å². The van der Waals surface area contributed by atoms with E-state index in [4.69, 9.17) is 8.92 Å². The third-order valence-corrected chi connectivity index (χ3v) is 4.98. The normalized spacial score (nSPS) is 11.0. The van der Waals surface area contributed by atoms with Crippen molar-refractivity contribution < 1.29 is 22.1 Å². The minimum Gasteiger partial charge on any atom is -0.495 e. The maximum absolute atomic E-state index is 12.5. The van der Waals surface area contributed by atoms with Gasteiger partial charge in [0.15, 0.2) is 5.78 Å². The second-order valence-corrected chi connectivity index (χ2v) is 6.92. The Hall–Kier alpha value is -3.12. The largest absolute Gasteiger partial charge is 0.495 e. The highest BCUT2D eigenvalue weighted by Gasteiger charge is 2.21. The van der Waals surface area contributed by atoms with Crippen LogP contribution in [0.2, 0.25) is 0 Å². The molecule has 3 rings (SSSR count).